The predicted octanol–water partition coefficient (Wildman–Crippen LogP) is 3.12. The lowest BCUT2D eigenvalue weighted by Gasteiger charge is -2.18. The summed E-state index contributed by atoms with van der Waals surface area (Å²) in [7, 11) is 0. The van der Waals surface area contributed by atoms with Gasteiger partial charge in [0.25, 0.3) is 0 Å². The van der Waals surface area contributed by atoms with Crippen LogP contribution in [0.5, 0.6) is 0 Å². The second kappa shape index (κ2) is 5.43. The lowest BCUT2D eigenvalue weighted by Crippen LogP contribution is -2.34. The highest BCUT2D eigenvalue weighted by Gasteiger charge is 2.23. The molecule has 1 saturated carbocycles. The minimum absolute atomic E-state index is 0.609. The van der Waals surface area contributed by atoms with Gasteiger partial charge in [-0.15, -0.1) is 6.58 Å². The van der Waals surface area contributed by atoms with Crippen LogP contribution in [0.25, 0.3) is 0 Å². The lowest BCUT2D eigenvalue weighted by molar-refractivity contribution is 0.431. The third-order valence-electron chi connectivity index (χ3n) is 3.16. The minimum Gasteiger partial charge on any atom is -0.311 e. The number of nitrogens with one attached hydrogen (secondary N) is 1. The van der Waals surface area contributed by atoms with Crippen LogP contribution in [0.3, 0.4) is 0 Å². The Bertz CT molecular complexity index is 153. The van der Waals surface area contributed by atoms with Crippen molar-refractivity contribution in [3.63, 3.8) is 0 Å². The van der Waals surface area contributed by atoms with Crippen LogP contribution >= 0.6 is 0 Å². The molecule has 1 rings (SSSR count). The first-order chi connectivity index (χ1) is 6.26. The van der Waals surface area contributed by atoms with Gasteiger partial charge < -0.3 is 5.32 Å². The van der Waals surface area contributed by atoms with Crippen molar-refractivity contribution in [2.45, 2.75) is 58.0 Å². The van der Waals surface area contributed by atoms with E-state index in [0.29, 0.717) is 6.04 Å². The first-order valence-corrected chi connectivity index (χ1v) is 5.63. The molecule has 1 fully saturated rings. The molecule has 0 aliphatic heterocycles. The Kier molecular flexibility index (Phi) is 4.51. The van der Waals surface area contributed by atoms with Gasteiger partial charge >= 0.3 is 0 Å². The highest BCUT2D eigenvalue weighted by molar-refractivity contribution is 4.84. The molecule has 0 aromatic carbocycles. The molecule has 0 radical (unpaired) electrons. The Balaban J connectivity index is 2.19. The van der Waals surface area contributed by atoms with Crippen molar-refractivity contribution in [2.24, 2.45) is 5.92 Å². The maximum atomic E-state index is 3.77. The van der Waals surface area contributed by atoms with E-state index in [4.69, 9.17) is 0 Å². The van der Waals surface area contributed by atoms with E-state index in [2.05, 4.69) is 25.7 Å². The van der Waals surface area contributed by atoms with Gasteiger partial charge in [-0.3, -0.25) is 0 Å². The molecule has 0 spiro atoms. The normalized spacial score (nSPS) is 30.3. The van der Waals surface area contributed by atoms with E-state index in [1.54, 1.807) is 0 Å². The molecule has 1 aliphatic carbocycles. The van der Waals surface area contributed by atoms with E-state index < -0.39 is 0 Å². The maximum absolute atomic E-state index is 3.77. The van der Waals surface area contributed by atoms with Crippen LogP contribution in [0.4, 0.5) is 0 Å². The largest absolute Gasteiger partial charge is 0.311 e. The first-order valence-electron chi connectivity index (χ1n) is 5.63. The average Bonchev–Trinajstić information content (AvgIpc) is 2.52. The first kappa shape index (κ1) is 10.8. The second-order valence-corrected chi connectivity index (χ2v) is 4.38. The van der Waals surface area contributed by atoms with E-state index in [1.165, 1.54) is 25.7 Å². The van der Waals surface area contributed by atoms with E-state index in [1.807, 2.05) is 6.08 Å². The van der Waals surface area contributed by atoms with E-state index in [9.17, 15) is 0 Å². The molecular formula is C12H23N. The summed E-state index contributed by atoms with van der Waals surface area (Å²) in [5.74, 6) is 0.980. The summed E-state index contributed by atoms with van der Waals surface area (Å²) in [5.41, 5.74) is 0. The molecule has 0 bridgehead atoms. The fraction of sp³-hybridized carbons (Fsp3) is 0.833. The van der Waals surface area contributed by atoms with Crippen molar-refractivity contribution >= 4 is 0 Å². The van der Waals surface area contributed by atoms with Crippen molar-refractivity contribution in [1.29, 1.82) is 0 Å². The SMILES string of the molecule is C=CCC(C)NC1CCC(CC)C1. The fourth-order valence-corrected chi connectivity index (χ4v) is 2.32. The Morgan fingerprint density at radius 2 is 2.31 bits per heavy atom. The van der Waals surface area contributed by atoms with Crippen LogP contribution in [0.15, 0.2) is 12.7 Å². The zero-order chi connectivity index (χ0) is 9.68. The quantitative estimate of drug-likeness (QED) is 0.643. The van der Waals surface area contributed by atoms with Crippen LogP contribution in [-0.2, 0) is 0 Å². The summed E-state index contributed by atoms with van der Waals surface area (Å²) in [6.07, 6.45) is 8.64. The van der Waals surface area contributed by atoms with Crippen LogP contribution in [0.1, 0.15) is 46.0 Å². The van der Waals surface area contributed by atoms with Crippen molar-refractivity contribution < 1.29 is 0 Å². The summed E-state index contributed by atoms with van der Waals surface area (Å²) in [5, 5.41) is 3.67. The highest BCUT2D eigenvalue weighted by Crippen LogP contribution is 2.28. The molecule has 1 nitrogen and oxygen atoms in total. The molecule has 0 aromatic heterocycles. The Morgan fingerprint density at radius 1 is 1.54 bits per heavy atom. The Hall–Kier alpha value is -0.300. The van der Waals surface area contributed by atoms with Gasteiger partial charge in [0, 0.05) is 12.1 Å². The summed E-state index contributed by atoms with van der Waals surface area (Å²) >= 11 is 0. The molecule has 1 N–H and O–H groups in total. The van der Waals surface area contributed by atoms with E-state index in [0.717, 1.165) is 18.4 Å². The van der Waals surface area contributed by atoms with E-state index in [-0.39, 0.29) is 0 Å². The van der Waals surface area contributed by atoms with Gasteiger partial charge in [-0.1, -0.05) is 19.4 Å². The van der Waals surface area contributed by atoms with Gasteiger partial charge in [0.1, 0.15) is 0 Å². The van der Waals surface area contributed by atoms with Crippen LogP contribution < -0.4 is 5.32 Å². The number of hydrogen-bond acceptors (Lipinski definition) is 1. The van der Waals surface area contributed by atoms with E-state index >= 15 is 0 Å². The number of rotatable bonds is 5. The summed E-state index contributed by atoms with van der Waals surface area (Å²) in [4.78, 5) is 0. The minimum atomic E-state index is 0.609. The molecule has 76 valence electrons. The average molecular weight is 181 g/mol. The van der Waals surface area contributed by atoms with Crippen LogP contribution in [0.2, 0.25) is 0 Å². The second-order valence-electron chi connectivity index (χ2n) is 4.38. The third-order valence-corrected chi connectivity index (χ3v) is 3.16. The summed E-state index contributed by atoms with van der Waals surface area (Å²) in [6.45, 7) is 8.32. The van der Waals surface area contributed by atoms with Gasteiger partial charge in [0.15, 0.2) is 0 Å². The van der Waals surface area contributed by atoms with Crippen LogP contribution in [-0.4, -0.2) is 12.1 Å². The van der Waals surface area contributed by atoms with Crippen molar-refractivity contribution in [2.75, 3.05) is 0 Å². The Morgan fingerprint density at radius 3 is 2.85 bits per heavy atom. The van der Waals surface area contributed by atoms with Crippen molar-refractivity contribution in [3.8, 4) is 0 Å². The van der Waals surface area contributed by atoms with Crippen molar-refractivity contribution in [3.05, 3.63) is 12.7 Å². The third kappa shape index (κ3) is 3.51. The lowest BCUT2D eigenvalue weighted by atomic mass is 10.1. The van der Waals surface area contributed by atoms with Gasteiger partial charge in [-0.2, -0.15) is 0 Å². The molecule has 0 heterocycles. The molecule has 13 heavy (non-hydrogen) atoms. The molecule has 1 aliphatic rings. The molecule has 0 amide bonds. The molecule has 1 heteroatoms. The molecule has 3 unspecified atom stereocenters. The van der Waals surface area contributed by atoms with Gasteiger partial charge in [0.2, 0.25) is 0 Å². The monoisotopic (exact) mass is 181 g/mol. The predicted molar refractivity (Wildman–Crippen MR) is 58.8 cm³/mol. The van der Waals surface area contributed by atoms with Crippen molar-refractivity contribution in [1.82, 2.24) is 5.32 Å². The molecule has 3 atom stereocenters. The van der Waals surface area contributed by atoms with Gasteiger partial charge in [-0.05, 0) is 38.5 Å². The van der Waals surface area contributed by atoms with Gasteiger partial charge in [0.05, 0.1) is 0 Å². The van der Waals surface area contributed by atoms with Crippen LogP contribution in [0, 0.1) is 5.92 Å². The summed E-state index contributed by atoms with van der Waals surface area (Å²) < 4.78 is 0. The topological polar surface area (TPSA) is 12.0 Å². The molecular weight excluding hydrogens is 158 g/mol. The fourth-order valence-electron chi connectivity index (χ4n) is 2.32. The zero-order valence-electron chi connectivity index (χ0n) is 9.05. The smallest absolute Gasteiger partial charge is 0.00757 e. The Labute approximate surface area is 82.6 Å². The highest BCUT2D eigenvalue weighted by atomic mass is 14.9. The maximum Gasteiger partial charge on any atom is 0.00757 e. The standard InChI is InChI=1S/C12H23N/c1-4-6-10(3)13-12-8-7-11(5-2)9-12/h4,10-13H,1,5-9H2,2-3H3. The zero-order valence-corrected chi connectivity index (χ0v) is 9.05. The van der Waals surface area contributed by atoms with Gasteiger partial charge in [-0.25, -0.2) is 0 Å². The molecule has 0 saturated heterocycles. The summed E-state index contributed by atoms with van der Waals surface area (Å²) in [6, 6.07) is 1.39. The molecule has 0 aromatic rings. The number of hydrogen-bond donors (Lipinski definition) is 1.